The van der Waals surface area contributed by atoms with Gasteiger partial charge in [0.1, 0.15) is 0 Å². The molecule has 2 aromatic carbocycles. The number of nitrogens with two attached hydrogens (primary N) is 1. The van der Waals surface area contributed by atoms with Gasteiger partial charge in [0.25, 0.3) is 0 Å². The first-order valence-corrected chi connectivity index (χ1v) is 7.00. The van der Waals surface area contributed by atoms with Crippen molar-refractivity contribution < 1.29 is 9.21 Å². The van der Waals surface area contributed by atoms with E-state index in [0.29, 0.717) is 0 Å². The van der Waals surface area contributed by atoms with E-state index in [1.165, 1.54) is 11.8 Å². The highest BCUT2D eigenvalue weighted by molar-refractivity contribution is 5.98. The van der Waals surface area contributed by atoms with Gasteiger partial charge in [0.15, 0.2) is 5.76 Å². The zero-order chi connectivity index (χ0) is 15.4. The number of amides is 1. The minimum absolute atomic E-state index is 0.225. The number of hydrogen-bond acceptors (Lipinski definition) is 3. The van der Waals surface area contributed by atoms with Crippen molar-refractivity contribution in [2.45, 2.75) is 6.42 Å². The predicted octanol–water partition coefficient (Wildman–Crippen LogP) is 3.14. The Hall–Kier alpha value is -2.85. The van der Waals surface area contributed by atoms with Crippen molar-refractivity contribution in [1.82, 2.24) is 5.43 Å². The van der Waals surface area contributed by atoms with Gasteiger partial charge < -0.3 is 4.42 Å². The number of benzene rings is 2. The van der Waals surface area contributed by atoms with Crippen LogP contribution >= 0.6 is 0 Å². The van der Waals surface area contributed by atoms with Gasteiger partial charge in [-0.1, -0.05) is 54.6 Å². The third-order valence-electron chi connectivity index (χ3n) is 3.55. The molecular weight excluding hydrogens is 276 g/mol. The molecule has 22 heavy (non-hydrogen) atoms. The Labute approximate surface area is 128 Å². The molecule has 0 atom stereocenters. The summed E-state index contributed by atoms with van der Waals surface area (Å²) in [7, 11) is 0. The van der Waals surface area contributed by atoms with Crippen LogP contribution in [0.2, 0.25) is 0 Å². The van der Waals surface area contributed by atoms with E-state index in [2.05, 4.69) is 23.6 Å². The number of nitrogens with one attached hydrogen (secondary N) is 1. The Bertz CT molecular complexity index is 779. The van der Waals surface area contributed by atoms with E-state index in [9.17, 15) is 4.79 Å². The lowest BCUT2D eigenvalue weighted by atomic mass is 9.95. The number of hydrogen-bond donors (Lipinski definition) is 2. The Balaban J connectivity index is 2.02. The Kier molecular flexibility index (Phi) is 4.03. The van der Waals surface area contributed by atoms with Crippen molar-refractivity contribution in [2.24, 2.45) is 5.84 Å². The van der Waals surface area contributed by atoms with Gasteiger partial charge in [-0.3, -0.25) is 10.2 Å². The minimum Gasteiger partial charge on any atom is -0.458 e. The second-order valence-electron chi connectivity index (χ2n) is 4.96. The van der Waals surface area contributed by atoms with Crippen LogP contribution in [0.5, 0.6) is 0 Å². The average molecular weight is 292 g/mol. The molecule has 0 spiro atoms. The van der Waals surface area contributed by atoms with Gasteiger partial charge in [0.2, 0.25) is 0 Å². The number of furan rings is 1. The molecule has 3 aromatic rings. The standard InChI is InChI=1S/C18H16N2O2/c19-20-18(21)17-16(10-11-22-17)15-9-5-4-8-14(15)12-13-6-2-1-3-7-13/h1-11H,12,19H2,(H,20,21). The van der Waals surface area contributed by atoms with E-state index in [1.54, 1.807) is 6.07 Å². The van der Waals surface area contributed by atoms with Crippen LogP contribution in [0.25, 0.3) is 11.1 Å². The maximum atomic E-state index is 11.8. The van der Waals surface area contributed by atoms with Crippen LogP contribution in [0.15, 0.2) is 71.3 Å². The lowest BCUT2D eigenvalue weighted by molar-refractivity contribution is 0.0927. The first-order chi connectivity index (χ1) is 10.8. The summed E-state index contributed by atoms with van der Waals surface area (Å²) in [5.74, 6) is 5.00. The molecule has 3 rings (SSSR count). The third kappa shape index (κ3) is 2.77. The molecule has 110 valence electrons. The fourth-order valence-electron chi connectivity index (χ4n) is 2.52. The third-order valence-corrected chi connectivity index (χ3v) is 3.55. The largest absolute Gasteiger partial charge is 0.458 e. The highest BCUT2D eigenvalue weighted by Gasteiger charge is 2.17. The molecule has 4 heteroatoms. The van der Waals surface area contributed by atoms with E-state index in [0.717, 1.165) is 23.1 Å². The van der Waals surface area contributed by atoms with Crippen LogP contribution in [0.1, 0.15) is 21.7 Å². The maximum Gasteiger partial charge on any atom is 0.301 e. The van der Waals surface area contributed by atoms with Gasteiger partial charge in [-0.2, -0.15) is 0 Å². The highest BCUT2D eigenvalue weighted by Crippen LogP contribution is 2.29. The van der Waals surface area contributed by atoms with E-state index >= 15 is 0 Å². The molecule has 0 unspecified atom stereocenters. The van der Waals surface area contributed by atoms with E-state index in [4.69, 9.17) is 10.3 Å². The first-order valence-electron chi connectivity index (χ1n) is 7.00. The van der Waals surface area contributed by atoms with Crippen LogP contribution in [-0.4, -0.2) is 5.91 Å². The smallest absolute Gasteiger partial charge is 0.301 e. The van der Waals surface area contributed by atoms with Crippen LogP contribution in [0.3, 0.4) is 0 Å². The number of nitrogen functional groups attached to an aromatic ring is 1. The van der Waals surface area contributed by atoms with E-state index in [-0.39, 0.29) is 5.76 Å². The fraction of sp³-hybridized carbons (Fsp3) is 0.0556. The molecule has 0 fully saturated rings. The quantitative estimate of drug-likeness (QED) is 0.441. The van der Waals surface area contributed by atoms with Gasteiger partial charge in [-0.05, 0) is 29.2 Å². The summed E-state index contributed by atoms with van der Waals surface area (Å²) < 4.78 is 5.28. The van der Waals surface area contributed by atoms with Gasteiger partial charge in [-0.15, -0.1) is 0 Å². The highest BCUT2D eigenvalue weighted by atomic mass is 16.3. The van der Waals surface area contributed by atoms with Crippen molar-refractivity contribution in [3.63, 3.8) is 0 Å². The minimum atomic E-state index is -0.436. The topological polar surface area (TPSA) is 68.3 Å². The lowest BCUT2D eigenvalue weighted by Crippen LogP contribution is -2.30. The molecule has 0 aliphatic carbocycles. The maximum absolute atomic E-state index is 11.8. The second kappa shape index (κ2) is 6.28. The molecule has 0 saturated carbocycles. The van der Waals surface area contributed by atoms with E-state index < -0.39 is 5.91 Å². The molecule has 4 nitrogen and oxygen atoms in total. The number of carbonyl (C=O) groups excluding carboxylic acids is 1. The monoisotopic (exact) mass is 292 g/mol. The average Bonchev–Trinajstić information content (AvgIpc) is 3.05. The molecule has 3 N–H and O–H groups in total. The zero-order valence-corrected chi connectivity index (χ0v) is 12.0. The van der Waals surface area contributed by atoms with Gasteiger partial charge in [0.05, 0.1) is 6.26 Å². The van der Waals surface area contributed by atoms with Crippen LogP contribution < -0.4 is 11.3 Å². The SMILES string of the molecule is NNC(=O)c1occc1-c1ccccc1Cc1ccccc1. The number of hydrazine groups is 1. The van der Waals surface area contributed by atoms with Crippen molar-refractivity contribution in [3.05, 3.63) is 83.8 Å². The van der Waals surface area contributed by atoms with Gasteiger partial charge >= 0.3 is 5.91 Å². The molecule has 1 amide bonds. The van der Waals surface area contributed by atoms with Crippen LogP contribution in [-0.2, 0) is 6.42 Å². The van der Waals surface area contributed by atoms with Crippen LogP contribution in [0, 0.1) is 0 Å². The normalized spacial score (nSPS) is 10.4. The van der Waals surface area contributed by atoms with Crippen molar-refractivity contribution in [2.75, 3.05) is 0 Å². The van der Waals surface area contributed by atoms with E-state index in [1.807, 2.05) is 36.4 Å². The molecule has 1 heterocycles. The Morgan fingerprint density at radius 2 is 1.68 bits per heavy atom. The Morgan fingerprint density at radius 1 is 0.955 bits per heavy atom. The molecule has 0 radical (unpaired) electrons. The molecule has 0 bridgehead atoms. The summed E-state index contributed by atoms with van der Waals surface area (Å²) in [6, 6.07) is 20.0. The van der Waals surface area contributed by atoms with Crippen molar-refractivity contribution >= 4 is 5.91 Å². The van der Waals surface area contributed by atoms with Crippen molar-refractivity contribution in [1.29, 1.82) is 0 Å². The second-order valence-corrected chi connectivity index (χ2v) is 4.96. The Morgan fingerprint density at radius 3 is 2.45 bits per heavy atom. The molecule has 0 aliphatic heterocycles. The first kappa shape index (κ1) is 14.1. The van der Waals surface area contributed by atoms with Crippen LogP contribution in [0.4, 0.5) is 0 Å². The van der Waals surface area contributed by atoms with Gasteiger partial charge in [-0.25, -0.2) is 5.84 Å². The van der Waals surface area contributed by atoms with Crippen molar-refractivity contribution in [3.8, 4) is 11.1 Å². The molecule has 1 aromatic heterocycles. The molecule has 0 aliphatic rings. The summed E-state index contributed by atoms with van der Waals surface area (Å²) in [5.41, 5.74) is 6.17. The van der Waals surface area contributed by atoms with Gasteiger partial charge in [0, 0.05) is 5.56 Å². The summed E-state index contributed by atoms with van der Waals surface area (Å²) >= 11 is 0. The molecular formula is C18H16N2O2. The fourth-order valence-corrected chi connectivity index (χ4v) is 2.52. The zero-order valence-electron chi connectivity index (χ0n) is 12.0. The predicted molar refractivity (Wildman–Crippen MR) is 85.0 cm³/mol. The summed E-state index contributed by atoms with van der Waals surface area (Å²) in [4.78, 5) is 11.8. The summed E-state index contributed by atoms with van der Waals surface area (Å²) in [6.45, 7) is 0. The number of carbonyl (C=O) groups is 1. The molecule has 0 saturated heterocycles. The summed E-state index contributed by atoms with van der Waals surface area (Å²) in [5, 5.41) is 0. The number of rotatable bonds is 4. The lowest BCUT2D eigenvalue weighted by Gasteiger charge is -2.09. The summed E-state index contributed by atoms with van der Waals surface area (Å²) in [6.07, 6.45) is 2.28.